The van der Waals surface area contributed by atoms with Gasteiger partial charge in [0.25, 0.3) is 0 Å². The molecule has 5 N–H and O–H groups in total. The molecule has 25 heavy (non-hydrogen) atoms. The number of phenolic OH excluding ortho intramolecular Hbond substituents is 1. The predicted molar refractivity (Wildman–Crippen MR) is 88.6 cm³/mol. The molecule has 134 valence electrons. The molecule has 1 aromatic carbocycles. The molecule has 1 aliphatic carbocycles. The van der Waals surface area contributed by atoms with E-state index in [2.05, 4.69) is 0 Å². The van der Waals surface area contributed by atoms with Crippen molar-refractivity contribution in [2.75, 3.05) is 0 Å². The number of Topliss-reactive ketones (excluding diaryl/α,β-unsaturated/α-hetero) is 1. The average Bonchev–Trinajstić information content (AvgIpc) is 2.45. The molecule has 0 aliphatic heterocycles. The Morgan fingerprint density at radius 1 is 1.20 bits per heavy atom. The maximum atomic E-state index is 12.5. The van der Waals surface area contributed by atoms with Crippen LogP contribution in [-0.4, -0.2) is 31.6 Å². The van der Waals surface area contributed by atoms with Gasteiger partial charge in [0.2, 0.25) is 0 Å². The molecule has 0 saturated heterocycles. The lowest BCUT2D eigenvalue weighted by Crippen LogP contribution is -2.33. The van der Waals surface area contributed by atoms with Crippen molar-refractivity contribution in [3.05, 3.63) is 53.4 Å². The Labute approximate surface area is 143 Å². The molecule has 1 aromatic rings. The molecule has 2 rings (SSSR count). The first-order valence-electron chi connectivity index (χ1n) is 7.38. The number of aromatic hydroxyl groups is 1. The second-order valence-corrected chi connectivity index (χ2v) is 7.13. The van der Waals surface area contributed by atoms with Gasteiger partial charge < -0.3 is 20.0 Å². The smallest absolute Gasteiger partial charge is 0.427 e. The number of hydrogen-bond donors (Lipinski definition) is 5. The maximum absolute atomic E-state index is 12.5. The van der Waals surface area contributed by atoms with Gasteiger partial charge in [-0.15, -0.1) is 0 Å². The van der Waals surface area contributed by atoms with Crippen LogP contribution in [0.15, 0.2) is 47.9 Å². The number of nitrogens with one attached hydrogen (secondary N) is 1. The Morgan fingerprint density at radius 2 is 1.80 bits per heavy atom. The SMILES string of the molecule is CC(CC(=O)C1C(=O)C=C(O)C=C1NP(=O)(O)O)c1ccc(O)cc1. The Kier molecular flexibility index (Phi) is 5.47. The fraction of sp³-hybridized carbons (Fsp3) is 0.250. The summed E-state index contributed by atoms with van der Waals surface area (Å²) in [5, 5.41) is 20.6. The number of ketones is 2. The lowest BCUT2D eigenvalue weighted by atomic mass is 9.85. The summed E-state index contributed by atoms with van der Waals surface area (Å²) >= 11 is 0. The van der Waals surface area contributed by atoms with Crippen molar-refractivity contribution in [1.29, 1.82) is 0 Å². The van der Waals surface area contributed by atoms with Crippen LogP contribution in [-0.2, 0) is 14.2 Å². The summed E-state index contributed by atoms with van der Waals surface area (Å²) in [6, 6.07) is 6.24. The highest BCUT2D eigenvalue weighted by Gasteiger charge is 2.35. The van der Waals surface area contributed by atoms with Crippen LogP contribution in [0, 0.1) is 5.92 Å². The van der Waals surface area contributed by atoms with Gasteiger partial charge in [0.1, 0.15) is 23.2 Å². The highest BCUT2D eigenvalue weighted by atomic mass is 31.2. The Morgan fingerprint density at radius 3 is 2.36 bits per heavy atom. The minimum atomic E-state index is -4.75. The first-order chi connectivity index (χ1) is 11.6. The summed E-state index contributed by atoms with van der Waals surface area (Å²) in [4.78, 5) is 42.7. The maximum Gasteiger partial charge on any atom is 0.427 e. The monoisotopic (exact) mass is 367 g/mol. The highest BCUT2D eigenvalue weighted by molar-refractivity contribution is 7.49. The number of phenols is 1. The van der Waals surface area contributed by atoms with Gasteiger partial charge in [-0.25, -0.2) is 4.57 Å². The molecule has 0 aromatic heterocycles. The quantitative estimate of drug-likeness (QED) is 0.377. The molecule has 0 radical (unpaired) electrons. The van der Waals surface area contributed by atoms with Crippen LogP contribution in [0.4, 0.5) is 0 Å². The summed E-state index contributed by atoms with van der Waals surface area (Å²) in [6.45, 7) is 1.75. The Bertz CT molecular complexity index is 791. The summed E-state index contributed by atoms with van der Waals surface area (Å²) < 4.78 is 11.2. The number of carbonyl (C=O) groups excluding carboxylic acids is 2. The number of allylic oxidation sites excluding steroid dienone is 3. The molecule has 2 atom stereocenters. The van der Waals surface area contributed by atoms with Gasteiger partial charge in [0.15, 0.2) is 5.78 Å². The average molecular weight is 367 g/mol. The first-order valence-corrected chi connectivity index (χ1v) is 8.99. The fourth-order valence-electron chi connectivity index (χ4n) is 2.60. The van der Waals surface area contributed by atoms with E-state index in [0.29, 0.717) is 0 Å². The van der Waals surface area contributed by atoms with Crippen LogP contribution >= 0.6 is 7.75 Å². The van der Waals surface area contributed by atoms with Crippen molar-refractivity contribution in [2.45, 2.75) is 19.3 Å². The van der Waals surface area contributed by atoms with Crippen LogP contribution in [0.25, 0.3) is 0 Å². The normalized spacial score (nSPS) is 19.0. The molecule has 0 saturated carbocycles. The largest absolute Gasteiger partial charge is 0.508 e. The van der Waals surface area contributed by atoms with E-state index in [1.807, 2.05) is 5.09 Å². The van der Waals surface area contributed by atoms with Crippen molar-refractivity contribution in [3.8, 4) is 5.75 Å². The van der Waals surface area contributed by atoms with E-state index in [1.54, 1.807) is 19.1 Å². The number of aliphatic hydroxyl groups is 1. The molecule has 9 heteroatoms. The second kappa shape index (κ2) is 7.23. The molecule has 0 fully saturated rings. The highest BCUT2D eigenvalue weighted by Crippen LogP contribution is 2.35. The molecule has 0 bridgehead atoms. The van der Waals surface area contributed by atoms with E-state index < -0.39 is 31.0 Å². The lowest BCUT2D eigenvalue weighted by molar-refractivity contribution is -0.129. The number of benzene rings is 1. The van der Waals surface area contributed by atoms with Crippen LogP contribution in [0.2, 0.25) is 0 Å². The molecule has 0 spiro atoms. The van der Waals surface area contributed by atoms with Gasteiger partial charge in [-0.05, 0) is 23.6 Å². The van der Waals surface area contributed by atoms with E-state index in [0.717, 1.165) is 17.7 Å². The third-order valence-electron chi connectivity index (χ3n) is 3.76. The number of rotatable bonds is 6. The second-order valence-electron chi connectivity index (χ2n) is 5.82. The zero-order valence-electron chi connectivity index (χ0n) is 13.3. The molecule has 8 nitrogen and oxygen atoms in total. The van der Waals surface area contributed by atoms with E-state index in [4.69, 9.17) is 9.79 Å². The summed E-state index contributed by atoms with van der Waals surface area (Å²) in [6.07, 6.45) is 1.74. The van der Waals surface area contributed by atoms with Crippen LogP contribution < -0.4 is 5.09 Å². The van der Waals surface area contributed by atoms with Crippen molar-refractivity contribution >= 4 is 19.3 Å². The van der Waals surface area contributed by atoms with Gasteiger partial charge in [0, 0.05) is 24.3 Å². The number of aliphatic hydroxyl groups excluding tert-OH is 1. The fourth-order valence-corrected chi connectivity index (χ4v) is 3.13. The molecular formula is C16H18NO7P. The van der Waals surface area contributed by atoms with E-state index in [9.17, 15) is 24.4 Å². The molecule has 1 aliphatic rings. The number of hydrogen-bond acceptors (Lipinski definition) is 5. The topological polar surface area (TPSA) is 144 Å². The first kappa shape index (κ1) is 18.9. The predicted octanol–water partition coefficient (Wildman–Crippen LogP) is 1.66. The van der Waals surface area contributed by atoms with Crippen molar-refractivity contribution in [3.63, 3.8) is 0 Å². The summed E-state index contributed by atoms with van der Waals surface area (Å²) in [7, 11) is -4.75. The van der Waals surface area contributed by atoms with Gasteiger partial charge in [-0.2, -0.15) is 0 Å². The van der Waals surface area contributed by atoms with Gasteiger partial charge in [0.05, 0.1) is 0 Å². The minimum absolute atomic E-state index is 0.0596. The molecular weight excluding hydrogens is 349 g/mol. The number of carbonyl (C=O) groups is 2. The molecule has 2 unspecified atom stereocenters. The van der Waals surface area contributed by atoms with E-state index in [1.165, 1.54) is 12.1 Å². The van der Waals surface area contributed by atoms with Crippen molar-refractivity contribution in [1.82, 2.24) is 5.09 Å². The van der Waals surface area contributed by atoms with Crippen LogP contribution in [0.3, 0.4) is 0 Å². The van der Waals surface area contributed by atoms with Crippen LogP contribution in [0.5, 0.6) is 5.75 Å². The third-order valence-corrected chi connectivity index (χ3v) is 4.30. The Hall–Kier alpha value is -2.41. The van der Waals surface area contributed by atoms with Gasteiger partial charge >= 0.3 is 7.75 Å². The molecule has 0 heterocycles. The van der Waals surface area contributed by atoms with E-state index in [-0.39, 0.29) is 23.8 Å². The zero-order chi connectivity index (χ0) is 18.8. The van der Waals surface area contributed by atoms with Gasteiger partial charge in [-0.3, -0.25) is 14.7 Å². The third kappa shape index (κ3) is 5.03. The van der Waals surface area contributed by atoms with Crippen LogP contribution in [0.1, 0.15) is 24.8 Å². The van der Waals surface area contributed by atoms with Gasteiger partial charge in [-0.1, -0.05) is 19.1 Å². The lowest BCUT2D eigenvalue weighted by Gasteiger charge is -2.23. The van der Waals surface area contributed by atoms with Crippen molar-refractivity contribution in [2.24, 2.45) is 5.92 Å². The summed E-state index contributed by atoms with van der Waals surface area (Å²) in [5.74, 6) is -3.39. The standard InChI is InChI=1S/C16H18NO7P/c1-9(10-2-4-11(18)5-3-10)6-14(20)16-13(17-25(22,23)24)7-12(19)8-15(16)21/h2-5,7-9,16,18-19H,6H2,1H3,(H3,17,22,23,24). The molecule has 0 amide bonds. The minimum Gasteiger partial charge on any atom is -0.508 e. The van der Waals surface area contributed by atoms with E-state index >= 15 is 0 Å². The Balaban J connectivity index is 2.20. The zero-order valence-corrected chi connectivity index (χ0v) is 14.2. The summed E-state index contributed by atoms with van der Waals surface area (Å²) in [5.41, 5.74) is 0.433. The van der Waals surface area contributed by atoms with Crippen molar-refractivity contribution < 1.29 is 34.2 Å².